The third-order valence-corrected chi connectivity index (χ3v) is 5.88. The third kappa shape index (κ3) is 3.14. The molecule has 0 aliphatic carbocycles. The van der Waals surface area contributed by atoms with Gasteiger partial charge in [0.25, 0.3) is 5.56 Å². The summed E-state index contributed by atoms with van der Waals surface area (Å²) in [7, 11) is -2.43. The fraction of sp³-hybridized carbons (Fsp3) is 0.211. The van der Waals surface area contributed by atoms with Crippen molar-refractivity contribution in [2.24, 2.45) is 0 Å². The fourth-order valence-corrected chi connectivity index (χ4v) is 4.23. The highest BCUT2D eigenvalue weighted by Crippen LogP contribution is 2.35. The molecule has 0 atom stereocenters. The van der Waals surface area contributed by atoms with Crippen LogP contribution in [-0.4, -0.2) is 28.1 Å². The molecule has 0 radical (unpaired) electrons. The standard InChI is InChI=1S/C19H19N4O2P/c1-12-9-17(21-11-16(12)26(3,4)25)23-19(24)18(13(2)22-23)15-7-5-14(10-20)6-8-15/h5-9,11,22H,1-4H3. The molecule has 1 aromatic carbocycles. The maximum atomic E-state index is 12.9. The van der Waals surface area contributed by atoms with Gasteiger partial charge in [0.1, 0.15) is 7.14 Å². The quantitative estimate of drug-likeness (QED) is 0.722. The number of aromatic nitrogens is 3. The SMILES string of the molecule is Cc1cc(-n2[nH]c(C)c(-c3ccc(C#N)cc3)c2=O)ncc1P(C)(C)=O. The molecule has 7 heteroatoms. The van der Waals surface area contributed by atoms with Crippen molar-refractivity contribution in [1.82, 2.24) is 14.8 Å². The molecule has 1 N–H and O–H groups in total. The minimum Gasteiger partial charge on any atom is -0.319 e. The van der Waals surface area contributed by atoms with E-state index in [2.05, 4.69) is 16.2 Å². The normalized spacial score (nSPS) is 11.3. The lowest BCUT2D eigenvalue weighted by atomic mass is 10.1. The van der Waals surface area contributed by atoms with Crippen LogP contribution in [0.4, 0.5) is 0 Å². The monoisotopic (exact) mass is 366 g/mol. The van der Waals surface area contributed by atoms with Crippen molar-refractivity contribution in [3.05, 3.63) is 63.7 Å². The molecular formula is C19H19N4O2P. The number of nitrogens with zero attached hydrogens (tertiary/aromatic N) is 3. The molecule has 3 rings (SSSR count). The van der Waals surface area contributed by atoms with Gasteiger partial charge in [-0.15, -0.1) is 0 Å². The van der Waals surface area contributed by atoms with Crippen LogP contribution in [0, 0.1) is 25.2 Å². The van der Waals surface area contributed by atoms with E-state index in [4.69, 9.17) is 5.26 Å². The minimum absolute atomic E-state index is 0.219. The Morgan fingerprint density at radius 2 is 1.85 bits per heavy atom. The molecule has 6 nitrogen and oxygen atoms in total. The number of aromatic amines is 1. The summed E-state index contributed by atoms with van der Waals surface area (Å²) in [6.45, 7) is 7.08. The van der Waals surface area contributed by atoms with Crippen LogP contribution in [0.5, 0.6) is 0 Å². The number of pyridine rings is 1. The lowest BCUT2D eigenvalue weighted by Crippen LogP contribution is -2.19. The summed E-state index contributed by atoms with van der Waals surface area (Å²) < 4.78 is 13.7. The molecule has 132 valence electrons. The Balaban J connectivity index is 2.11. The Kier molecular flexibility index (Phi) is 4.43. The van der Waals surface area contributed by atoms with Crippen LogP contribution in [0.3, 0.4) is 0 Å². The predicted octanol–water partition coefficient (Wildman–Crippen LogP) is 2.96. The Morgan fingerprint density at radius 3 is 2.38 bits per heavy atom. The number of rotatable bonds is 3. The molecular weight excluding hydrogens is 347 g/mol. The van der Waals surface area contributed by atoms with Crippen molar-refractivity contribution in [3.63, 3.8) is 0 Å². The van der Waals surface area contributed by atoms with Gasteiger partial charge in [-0.3, -0.25) is 9.89 Å². The van der Waals surface area contributed by atoms with Crippen LogP contribution >= 0.6 is 7.14 Å². The number of hydrogen-bond acceptors (Lipinski definition) is 4. The molecule has 0 spiro atoms. The van der Waals surface area contributed by atoms with E-state index in [9.17, 15) is 9.36 Å². The summed E-state index contributed by atoms with van der Waals surface area (Å²) in [6, 6.07) is 10.7. The first kappa shape index (κ1) is 17.9. The molecule has 2 heterocycles. The number of H-pyrrole nitrogens is 1. The Hall–Kier alpha value is -2.90. The van der Waals surface area contributed by atoms with Gasteiger partial charge in [0, 0.05) is 17.2 Å². The maximum absolute atomic E-state index is 12.9. The van der Waals surface area contributed by atoms with Crippen LogP contribution in [0.2, 0.25) is 0 Å². The number of nitriles is 1. The molecule has 0 saturated carbocycles. The van der Waals surface area contributed by atoms with Gasteiger partial charge in [0.2, 0.25) is 0 Å². The highest BCUT2D eigenvalue weighted by Gasteiger charge is 2.18. The van der Waals surface area contributed by atoms with E-state index in [-0.39, 0.29) is 5.56 Å². The molecule has 0 bridgehead atoms. The average Bonchev–Trinajstić information content (AvgIpc) is 2.88. The molecule has 26 heavy (non-hydrogen) atoms. The lowest BCUT2D eigenvalue weighted by molar-refractivity contribution is 0.588. The number of nitrogens with one attached hydrogen (secondary N) is 1. The van der Waals surface area contributed by atoms with Crippen molar-refractivity contribution in [2.75, 3.05) is 13.3 Å². The second-order valence-corrected chi connectivity index (χ2v) is 9.80. The van der Waals surface area contributed by atoms with Gasteiger partial charge >= 0.3 is 0 Å². The highest BCUT2D eigenvalue weighted by molar-refractivity contribution is 7.70. The number of benzene rings is 1. The van der Waals surface area contributed by atoms with Crippen molar-refractivity contribution in [1.29, 1.82) is 5.26 Å². The molecule has 0 saturated heterocycles. The molecule has 0 unspecified atom stereocenters. The fourth-order valence-electron chi connectivity index (χ4n) is 2.98. The molecule has 0 amide bonds. The first-order valence-electron chi connectivity index (χ1n) is 8.07. The predicted molar refractivity (Wildman–Crippen MR) is 103 cm³/mol. The van der Waals surface area contributed by atoms with Gasteiger partial charge in [-0.25, -0.2) is 9.67 Å². The highest BCUT2D eigenvalue weighted by atomic mass is 31.2. The largest absolute Gasteiger partial charge is 0.319 e. The van der Waals surface area contributed by atoms with E-state index in [1.807, 2.05) is 13.8 Å². The second kappa shape index (κ2) is 6.44. The van der Waals surface area contributed by atoms with Gasteiger partial charge in [0.05, 0.1) is 17.2 Å². The summed E-state index contributed by atoms with van der Waals surface area (Å²) >= 11 is 0. The van der Waals surface area contributed by atoms with E-state index in [1.54, 1.807) is 49.9 Å². The third-order valence-electron chi connectivity index (χ3n) is 4.25. The summed E-state index contributed by atoms with van der Waals surface area (Å²) in [5, 5.41) is 12.7. The van der Waals surface area contributed by atoms with E-state index in [0.717, 1.165) is 11.1 Å². The average molecular weight is 366 g/mol. The Bertz CT molecular complexity index is 1130. The summed E-state index contributed by atoms with van der Waals surface area (Å²) in [6.07, 6.45) is 1.58. The smallest absolute Gasteiger partial charge is 0.280 e. The van der Waals surface area contributed by atoms with Gasteiger partial charge in [0.15, 0.2) is 5.82 Å². The van der Waals surface area contributed by atoms with Crippen molar-refractivity contribution in [2.45, 2.75) is 13.8 Å². The van der Waals surface area contributed by atoms with Crippen LogP contribution in [0.1, 0.15) is 16.8 Å². The molecule has 3 aromatic rings. The zero-order chi connectivity index (χ0) is 19.1. The summed E-state index contributed by atoms with van der Waals surface area (Å²) in [5.74, 6) is 0.452. The first-order chi connectivity index (χ1) is 12.2. The van der Waals surface area contributed by atoms with Crippen LogP contribution in [0.25, 0.3) is 16.9 Å². The van der Waals surface area contributed by atoms with E-state index in [0.29, 0.717) is 27.9 Å². The van der Waals surface area contributed by atoms with E-state index >= 15 is 0 Å². The van der Waals surface area contributed by atoms with Gasteiger partial charge in [-0.2, -0.15) is 5.26 Å². The Morgan fingerprint density at radius 1 is 1.19 bits per heavy atom. The maximum Gasteiger partial charge on any atom is 0.280 e. The Labute approximate surface area is 151 Å². The van der Waals surface area contributed by atoms with Gasteiger partial charge in [-0.05, 0) is 56.5 Å². The lowest BCUT2D eigenvalue weighted by Gasteiger charge is -2.11. The van der Waals surface area contributed by atoms with Crippen molar-refractivity contribution < 1.29 is 4.57 Å². The van der Waals surface area contributed by atoms with Crippen LogP contribution in [-0.2, 0) is 4.57 Å². The zero-order valence-corrected chi connectivity index (χ0v) is 16.0. The summed E-state index contributed by atoms with van der Waals surface area (Å²) in [5.41, 5.74) is 3.14. The molecule has 0 aliphatic heterocycles. The summed E-state index contributed by atoms with van der Waals surface area (Å²) in [4.78, 5) is 17.2. The molecule has 0 fully saturated rings. The van der Waals surface area contributed by atoms with Crippen LogP contribution < -0.4 is 10.9 Å². The molecule has 0 aliphatic rings. The van der Waals surface area contributed by atoms with Crippen LogP contribution in [0.15, 0.2) is 41.3 Å². The second-order valence-electron chi connectivity index (χ2n) is 6.62. The van der Waals surface area contributed by atoms with Crippen molar-refractivity contribution >= 4 is 12.4 Å². The first-order valence-corrected chi connectivity index (χ1v) is 10.7. The van der Waals surface area contributed by atoms with Gasteiger partial charge in [-0.1, -0.05) is 12.1 Å². The minimum atomic E-state index is -2.43. The topological polar surface area (TPSA) is 91.5 Å². The number of hydrogen-bond donors (Lipinski definition) is 1. The van der Waals surface area contributed by atoms with E-state index < -0.39 is 7.14 Å². The molecule has 2 aromatic heterocycles. The van der Waals surface area contributed by atoms with Gasteiger partial charge < -0.3 is 4.57 Å². The number of aryl methyl sites for hydroxylation is 2. The zero-order valence-electron chi connectivity index (χ0n) is 15.1. The van der Waals surface area contributed by atoms with E-state index in [1.165, 1.54) is 4.68 Å². The van der Waals surface area contributed by atoms with Crippen molar-refractivity contribution in [3.8, 4) is 23.0 Å².